The number of methoxy groups -OCH3 is 2. The van der Waals surface area contributed by atoms with E-state index in [1.54, 1.807) is 58.2 Å². The number of rotatable bonds is 6. The van der Waals surface area contributed by atoms with E-state index in [4.69, 9.17) is 18.6 Å². The normalized spacial score (nSPS) is 15.9. The van der Waals surface area contributed by atoms with Gasteiger partial charge in [-0.3, -0.25) is 9.36 Å². The van der Waals surface area contributed by atoms with Crippen molar-refractivity contribution in [2.45, 2.75) is 39.8 Å². The van der Waals surface area contributed by atoms with Crippen molar-refractivity contribution < 1.29 is 23.4 Å². The zero-order valence-electron chi connectivity index (χ0n) is 19.9. The number of carbonyl (C=O) groups is 1. The second-order valence-corrected chi connectivity index (χ2v) is 9.10. The molecule has 0 aliphatic carbocycles. The van der Waals surface area contributed by atoms with Gasteiger partial charge in [-0.05, 0) is 58.0 Å². The molecule has 0 N–H and O–H groups in total. The quantitative estimate of drug-likeness (QED) is 0.502. The fourth-order valence-corrected chi connectivity index (χ4v) is 4.89. The number of aryl methyl sites for hydroxylation is 1. The van der Waals surface area contributed by atoms with Crippen molar-refractivity contribution >= 4 is 23.4 Å². The third kappa shape index (κ3) is 4.31. The SMILES string of the molecule is COc1ccc(OC)c([C@@H]2C(C(=O)OC(C)C)=C(C)N=c3s/c(=C/c4ccc(C)o4)c(=O)n32)c1. The molecule has 0 radical (unpaired) electrons. The predicted molar refractivity (Wildman–Crippen MR) is 128 cm³/mol. The Morgan fingerprint density at radius 1 is 1.18 bits per heavy atom. The first-order valence-electron chi connectivity index (χ1n) is 10.8. The topological polar surface area (TPSA) is 92.3 Å². The van der Waals surface area contributed by atoms with Crippen LogP contribution in [0, 0.1) is 6.92 Å². The number of thiazole rings is 1. The lowest BCUT2D eigenvalue weighted by Crippen LogP contribution is -2.40. The lowest BCUT2D eigenvalue weighted by atomic mass is 9.94. The van der Waals surface area contributed by atoms with Crippen LogP contribution in [-0.4, -0.2) is 30.9 Å². The van der Waals surface area contributed by atoms with Crippen molar-refractivity contribution in [1.82, 2.24) is 4.57 Å². The smallest absolute Gasteiger partial charge is 0.338 e. The highest BCUT2D eigenvalue weighted by Crippen LogP contribution is 2.38. The summed E-state index contributed by atoms with van der Waals surface area (Å²) in [4.78, 5) is 31.9. The van der Waals surface area contributed by atoms with Crippen LogP contribution >= 0.6 is 11.3 Å². The van der Waals surface area contributed by atoms with Gasteiger partial charge in [0.25, 0.3) is 5.56 Å². The number of furan rings is 1. The summed E-state index contributed by atoms with van der Waals surface area (Å²) in [5.74, 6) is 1.84. The molecule has 0 unspecified atom stereocenters. The van der Waals surface area contributed by atoms with Gasteiger partial charge in [0.15, 0.2) is 4.80 Å². The van der Waals surface area contributed by atoms with Gasteiger partial charge in [0, 0.05) is 11.6 Å². The second-order valence-electron chi connectivity index (χ2n) is 8.09. The van der Waals surface area contributed by atoms with Gasteiger partial charge < -0.3 is 18.6 Å². The van der Waals surface area contributed by atoms with Crippen LogP contribution in [0.3, 0.4) is 0 Å². The van der Waals surface area contributed by atoms with E-state index in [9.17, 15) is 9.59 Å². The van der Waals surface area contributed by atoms with E-state index in [2.05, 4.69) is 4.99 Å². The average Bonchev–Trinajstić information content (AvgIpc) is 3.34. The van der Waals surface area contributed by atoms with Gasteiger partial charge in [0.1, 0.15) is 29.1 Å². The minimum Gasteiger partial charge on any atom is -0.497 e. The van der Waals surface area contributed by atoms with Gasteiger partial charge in [0.05, 0.1) is 36.1 Å². The fraction of sp³-hybridized carbons (Fsp3) is 0.320. The van der Waals surface area contributed by atoms with Gasteiger partial charge >= 0.3 is 5.97 Å². The maximum atomic E-state index is 13.7. The van der Waals surface area contributed by atoms with E-state index in [1.807, 2.05) is 13.0 Å². The molecule has 0 amide bonds. The molecule has 0 fully saturated rings. The molecule has 1 aliphatic heterocycles. The molecule has 34 heavy (non-hydrogen) atoms. The zero-order valence-corrected chi connectivity index (χ0v) is 20.7. The number of benzene rings is 1. The summed E-state index contributed by atoms with van der Waals surface area (Å²) >= 11 is 1.23. The Morgan fingerprint density at radius 2 is 1.94 bits per heavy atom. The van der Waals surface area contributed by atoms with E-state index < -0.39 is 12.0 Å². The van der Waals surface area contributed by atoms with Crippen LogP contribution in [-0.2, 0) is 9.53 Å². The molecule has 9 heteroatoms. The van der Waals surface area contributed by atoms with E-state index in [0.29, 0.717) is 37.9 Å². The molecule has 4 rings (SSSR count). The largest absolute Gasteiger partial charge is 0.497 e. The second kappa shape index (κ2) is 9.34. The van der Waals surface area contributed by atoms with Crippen molar-refractivity contribution in [2.75, 3.05) is 14.2 Å². The number of allylic oxidation sites excluding steroid dienone is 1. The predicted octanol–water partition coefficient (Wildman–Crippen LogP) is 3.11. The Labute approximate surface area is 200 Å². The summed E-state index contributed by atoms with van der Waals surface area (Å²) < 4.78 is 24.1. The molecule has 3 heterocycles. The molecule has 1 aromatic carbocycles. The van der Waals surface area contributed by atoms with E-state index in [-0.39, 0.29) is 17.2 Å². The molecule has 2 aromatic heterocycles. The maximum absolute atomic E-state index is 13.7. The summed E-state index contributed by atoms with van der Waals surface area (Å²) in [6.45, 7) is 7.12. The lowest BCUT2D eigenvalue weighted by molar-refractivity contribution is -0.143. The zero-order chi connectivity index (χ0) is 24.6. The molecule has 0 saturated carbocycles. The molecule has 3 aromatic rings. The fourth-order valence-electron chi connectivity index (χ4n) is 3.87. The summed E-state index contributed by atoms with van der Waals surface area (Å²) in [5.41, 5.74) is 1.04. The van der Waals surface area contributed by atoms with Crippen LogP contribution in [0.5, 0.6) is 11.5 Å². The molecular formula is C25H26N2O6S. The first kappa shape index (κ1) is 23.6. The van der Waals surface area contributed by atoms with Crippen LogP contribution in [0.25, 0.3) is 6.08 Å². The van der Waals surface area contributed by atoms with Crippen molar-refractivity contribution in [1.29, 1.82) is 0 Å². The third-order valence-electron chi connectivity index (χ3n) is 5.35. The number of carbonyl (C=O) groups excluding carboxylic acids is 1. The van der Waals surface area contributed by atoms with E-state index in [0.717, 1.165) is 5.76 Å². The van der Waals surface area contributed by atoms with Gasteiger partial charge in [-0.15, -0.1) is 0 Å². The Bertz CT molecular complexity index is 1460. The highest BCUT2D eigenvalue weighted by atomic mass is 32.1. The van der Waals surface area contributed by atoms with Crippen LogP contribution < -0.4 is 24.4 Å². The average molecular weight is 483 g/mol. The van der Waals surface area contributed by atoms with Gasteiger partial charge in [-0.1, -0.05) is 11.3 Å². The minimum absolute atomic E-state index is 0.271. The number of hydrogen-bond acceptors (Lipinski definition) is 8. The number of hydrogen-bond donors (Lipinski definition) is 0. The highest BCUT2D eigenvalue weighted by Gasteiger charge is 2.35. The van der Waals surface area contributed by atoms with Crippen LogP contribution in [0.1, 0.15) is 43.9 Å². The first-order chi connectivity index (χ1) is 16.2. The summed E-state index contributed by atoms with van der Waals surface area (Å²) in [5, 5.41) is 0. The number of nitrogens with zero attached hydrogens (tertiary/aromatic N) is 2. The van der Waals surface area contributed by atoms with Gasteiger partial charge in [0.2, 0.25) is 0 Å². The Kier molecular flexibility index (Phi) is 6.47. The molecule has 1 atom stereocenters. The molecule has 178 valence electrons. The monoisotopic (exact) mass is 482 g/mol. The molecule has 0 saturated heterocycles. The minimum atomic E-state index is -0.812. The van der Waals surface area contributed by atoms with E-state index >= 15 is 0 Å². The van der Waals surface area contributed by atoms with Crippen molar-refractivity contribution in [2.24, 2.45) is 4.99 Å². The molecule has 1 aliphatic rings. The number of fused-ring (bicyclic) bond motifs is 1. The maximum Gasteiger partial charge on any atom is 0.338 e. The molecular weight excluding hydrogens is 456 g/mol. The standard InChI is InChI=1S/C25H26N2O6S/c1-13(2)32-24(29)21-15(4)26-25-27(22(21)18-11-16(30-5)9-10-19(18)31-6)23(28)20(34-25)12-17-8-7-14(3)33-17/h7-13,22H,1-6H3/b20-12+/t22-/m1/s1. The van der Waals surface area contributed by atoms with Crippen molar-refractivity contribution in [3.63, 3.8) is 0 Å². The van der Waals surface area contributed by atoms with Crippen molar-refractivity contribution in [3.05, 3.63) is 78.4 Å². The first-order valence-corrected chi connectivity index (χ1v) is 11.6. The van der Waals surface area contributed by atoms with Crippen LogP contribution in [0.4, 0.5) is 0 Å². The van der Waals surface area contributed by atoms with Gasteiger partial charge in [-0.25, -0.2) is 9.79 Å². The Morgan fingerprint density at radius 3 is 2.56 bits per heavy atom. The highest BCUT2D eigenvalue weighted by molar-refractivity contribution is 7.07. The molecule has 8 nitrogen and oxygen atoms in total. The number of ether oxygens (including phenoxy) is 3. The number of aromatic nitrogens is 1. The van der Waals surface area contributed by atoms with E-state index in [1.165, 1.54) is 23.0 Å². The Hall–Kier alpha value is -3.59. The summed E-state index contributed by atoms with van der Waals surface area (Å²) in [7, 11) is 3.09. The van der Waals surface area contributed by atoms with Crippen LogP contribution in [0.15, 0.2) is 55.8 Å². The van der Waals surface area contributed by atoms with Gasteiger partial charge in [-0.2, -0.15) is 0 Å². The molecule has 0 bridgehead atoms. The van der Waals surface area contributed by atoms with Crippen LogP contribution in [0.2, 0.25) is 0 Å². The Balaban J connectivity index is 2.01. The lowest BCUT2D eigenvalue weighted by Gasteiger charge is -2.26. The van der Waals surface area contributed by atoms with Crippen molar-refractivity contribution in [3.8, 4) is 11.5 Å². The summed E-state index contributed by atoms with van der Waals surface area (Å²) in [6.07, 6.45) is 1.34. The molecule has 0 spiro atoms. The number of esters is 1. The third-order valence-corrected chi connectivity index (χ3v) is 6.33. The summed E-state index contributed by atoms with van der Waals surface area (Å²) in [6, 6.07) is 8.08.